The van der Waals surface area contributed by atoms with E-state index in [1.807, 2.05) is 0 Å². The van der Waals surface area contributed by atoms with Crippen LogP contribution in [0.25, 0.3) is 10.8 Å². The molecule has 108 valence electrons. The average molecular weight is 340 g/mol. The van der Waals surface area contributed by atoms with Crippen molar-refractivity contribution in [3.63, 3.8) is 0 Å². The molecule has 0 bridgehead atoms. The van der Waals surface area contributed by atoms with Crippen LogP contribution in [-0.2, 0) is 20.2 Å². The molecule has 8 nitrogen and oxygen atoms in total. The molecular weight excluding hydrogens is 333 g/mol. The van der Waals surface area contributed by atoms with E-state index in [1.54, 1.807) is 0 Å². The second-order valence-corrected chi connectivity index (χ2v) is 6.62. The zero-order valence-electron chi connectivity index (χ0n) is 10.6. The van der Waals surface area contributed by atoms with E-state index in [4.69, 9.17) is 5.73 Å². The molecule has 21 heavy (non-hydrogen) atoms. The quantitative estimate of drug-likeness (QED) is 0.331. The van der Waals surface area contributed by atoms with Crippen LogP contribution in [0.1, 0.15) is 0 Å². The maximum absolute atomic E-state index is 11.2. The first-order chi connectivity index (χ1) is 9.01. The first kappa shape index (κ1) is 18.2. The number of aromatic hydroxyl groups is 1. The third kappa shape index (κ3) is 3.48. The van der Waals surface area contributed by atoms with Crippen molar-refractivity contribution in [3.8, 4) is 5.75 Å². The van der Waals surface area contributed by atoms with Gasteiger partial charge in [-0.25, -0.2) is 16.8 Å². The SMILES string of the molecule is Nc1ccc(S(=O)(=O)[O-])c2cc(O)cc(S(=O)(=O)[O-])c12.[Na+]. The number of hydrogen-bond acceptors (Lipinski definition) is 8. The number of hydrogen-bond donors (Lipinski definition) is 2. The summed E-state index contributed by atoms with van der Waals surface area (Å²) in [6.45, 7) is 0. The van der Waals surface area contributed by atoms with Gasteiger partial charge in [-0.3, -0.25) is 0 Å². The van der Waals surface area contributed by atoms with Gasteiger partial charge in [0.05, 0.1) is 9.79 Å². The normalized spacial score (nSPS) is 12.1. The van der Waals surface area contributed by atoms with Crippen LogP contribution in [0.3, 0.4) is 0 Å². The standard InChI is InChI=1S/C10H9NO7S2.Na/c11-7-1-2-8(19(13,14)15)6-3-5(12)4-9(10(6)7)20(16,17)18;/h1-4,12H,11H2,(H,13,14,15)(H,16,17,18);/q;+1/p-2. The Morgan fingerprint density at radius 1 is 0.952 bits per heavy atom. The number of fused-ring (bicyclic) bond motifs is 1. The van der Waals surface area contributed by atoms with Gasteiger partial charge in [0, 0.05) is 16.5 Å². The minimum atomic E-state index is -5.02. The molecule has 0 atom stereocenters. The largest absolute Gasteiger partial charge is 1.00 e. The van der Waals surface area contributed by atoms with Crippen molar-refractivity contribution in [2.75, 3.05) is 5.73 Å². The van der Waals surface area contributed by atoms with Crippen LogP contribution in [-0.4, -0.2) is 31.0 Å². The molecule has 0 radical (unpaired) electrons. The molecular formula is C10H7NNaO7S2-. The van der Waals surface area contributed by atoms with Crippen LogP contribution in [0.4, 0.5) is 5.69 Å². The topological polar surface area (TPSA) is 161 Å². The molecule has 0 fully saturated rings. The maximum atomic E-state index is 11.2. The van der Waals surface area contributed by atoms with E-state index in [2.05, 4.69) is 0 Å². The summed E-state index contributed by atoms with van der Waals surface area (Å²) in [7, 11) is -9.96. The molecule has 2 aromatic carbocycles. The number of nitrogens with two attached hydrogens (primary N) is 1. The molecule has 0 aliphatic rings. The summed E-state index contributed by atoms with van der Waals surface area (Å²) in [5, 5.41) is 8.58. The Morgan fingerprint density at radius 3 is 1.95 bits per heavy atom. The molecule has 0 unspecified atom stereocenters. The van der Waals surface area contributed by atoms with Crippen molar-refractivity contribution in [1.29, 1.82) is 0 Å². The minimum Gasteiger partial charge on any atom is -0.744 e. The summed E-state index contributed by atoms with van der Waals surface area (Å²) < 4.78 is 66.9. The van der Waals surface area contributed by atoms with Crippen LogP contribution >= 0.6 is 0 Å². The van der Waals surface area contributed by atoms with Crippen LogP contribution in [0, 0.1) is 0 Å². The number of rotatable bonds is 2. The van der Waals surface area contributed by atoms with Gasteiger partial charge in [0.2, 0.25) is 0 Å². The van der Waals surface area contributed by atoms with E-state index in [-0.39, 0.29) is 35.2 Å². The Hall–Kier alpha value is -0.880. The Morgan fingerprint density at radius 2 is 1.48 bits per heavy atom. The van der Waals surface area contributed by atoms with E-state index >= 15 is 0 Å². The minimum absolute atomic E-state index is 0. The summed E-state index contributed by atoms with van der Waals surface area (Å²) in [6.07, 6.45) is 0. The molecule has 0 amide bonds. The van der Waals surface area contributed by atoms with Gasteiger partial charge in [0.1, 0.15) is 26.0 Å². The first-order valence-electron chi connectivity index (χ1n) is 4.99. The fraction of sp³-hybridized carbons (Fsp3) is 0. The van der Waals surface area contributed by atoms with Gasteiger partial charge in [-0.05, 0) is 24.3 Å². The van der Waals surface area contributed by atoms with Crippen molar-refractivity contribution in [1.82, 2.24) is 0 Å². The molecule has 2 aromatic rings. The van der Waals surface area contributed by atoms with E-state index < -0.39 is 46.5 Å². The average Bonchev–Trinajstić information content (AvgIpc) is 2.24. The van der Waals surface area contributed by atoms with Crippen molar-refractivity contribution in [3.05, 3.63) is 24.3 Å². The number of phenols is 1. The molecule has 0 heterocycles. The Balaban J connectivity index is 0.00000220. The molecule has 3 N–H and O–H groups in total. The van der Waals surface area contributed by atoms with Gasteiger partial charge in [-0.2, -0.15) is 0 Å². The van der Waals surface area contributed by atoms with E-state index in [9.17, 15) is 31.0 Å². The molecule has 0 spiro atoms. The second kappa shape index (κ2) is 5.72. The molecule has 11 heteroatoms. The van der Waals surface area contributed by atoms with E-state index in [0.29, 0.717) is 6.07 Å². The predicted molar refractivity (Wildman–Crippen MR) is 66.0 cm³/mol. The summed E-state index contributed by atoms with van der Waals surface area (Å²) in [5.41, 5.74) is 5.33. The fourth-order valence-corrected chi connectivity index (χ4v) is 3.25. The number of phenolic OH excluding ortho intramolecular Hbond substituents is 1. The maximum Gasteiger partial charge on any atom is 1.00 e. The summed E-state index contributed by atoms with van der Waals surface area (Å²) in [5.74, 6) is -0.678. The molecule has 0 aromatic heterocycles. The number of benzene rings is 2. The fourth-order valence-electron chi connectivity index (χ4n) is 1.85. The Bertz CT molecular complexity index is 922. The van der Waals surface area contributed by atoms with Gasteiger partial charge in [-0.15, -0.1) is 0 Å². The Labute approximate surface area is 142 Å². The molecule has 0 saturated carbocycles. The van der Waals surface area contributed by atoms with Crippen LogP contribution < -0.4 is 35.3 Å². The summed E-state index contributed by atoms with van der Waals surface area (Å²) in [6, 6.07) is 3.37. The van der Waals surface area contributed by atoms with Crippen molar-refractivity contribution < 1.29 is 60.6 Å². The van der Waals surface area contributed by atoms with Gasteiger partial charge < -0.3 is 19.9 Å². The van der Waals surface area contributed by atoms with Crippen molar-refractivity contribution in [2.24, 2.45) is 0 Å². The molecule has 2 rings (SSSR count). The van der Waals surface area contributed by atoms with Gasteiger partial charge in [0.25, 0.3) is 0 Å². The van der Waals surface area contributed by atoms with E-state index in [1.165, 1.54) is 0 Å². The molecule has 0 aliphatic heterocycles. The summed E-state index contributed by atoms with van der Waals surface area (Å²) in [4.78, 5) is -1.67. The third-order valence-electron chi connectivity index (χ3n) is 2.59. The molecule has 0 aliphatic carbocycles. The predicted octanol–water partition coefficient (Wildman–Crippen LogP) is -3.06. The van der Waals surface area contributed by atoms with Crippen molar-refractivity contribution >= 4 is 36.7 Å². The first-order valence-corrected chi connectivity index (χ1v) is 7.80. The van der Waals surface area contributed by atoms with E-state index in [0.717, 1.165) is 18.2 Å². The summed E-state index contributed by atoms with van der Waals surface area (Å²) >= 11 is 0. The smallest absolute Gasteiger partial charge is 0.744 e. The second-order valence-electron chi connectivity index (χ2n) is 3.93. The van der Waals surface area contributed by atoms with Gasteiger partial charge in [0.15, 0.2) is 0 Å². The number of nitrogen functional groups attached to an aromatic ring is 1. The van der Waals surface area contributed by atoms with Crippen LogP contribution in [0.15, 0.2) is 34.1 Å². The Kier molecular flexibility index (Phi) is 4.95. The van der Waals surface area contributed by atoms with Gasteiger partial charge >= 0.3 is 29.6 Å². The number of anilines is 1. The van der Waals surface area contributed by atoms with Crippen LogP contribution in [0.5, 0.6) is 5.75 Å². The van der Waals surface area contributed by atoms with Crippen molar-refractivity contribution in [2.45, 2.75) is 9.79 Å². The third-order valence-corrected chi connectivity index (χ3v) is 4.35. The zero-order valence-corrected chi connectivity index (χ0v) is 14.2. The van der Waals surface area contributed by atoms with Gasteiger partial charge in [-0.1, -0.05) is 0 Å². The molecule has 0 saturated heterocycles. The monoisotopic (exact) mass is 340 g/mol. The zero-order chi connectivity index (χ0) is 15.3. The van der Waals surface area contributed by atoms with Crippen LogP contribution in [0.2, 0.25) is 0 Å².